The number of rotatable bonds is 4. The number of phenols is 1. The fourth-order valence-electron chi connectivity index (χ4n) is 3.63. The van der Waals surface area contributed by atoms with Gasteiger partial charge in [-0.2, -0.15) is 0 Å². The number of fused-ring (bicyclic) bond motifs is 1. The molecule has 12 heteroatoms. The highest BCUT2D eigenvalue weighted by Crippen LogP contribution is 2.40. The van der Waals surface area contributed by atoms with Crippen LogP contribution in [-0.4, -0.2) is 79.9 Å². The predicted molar refractivity (Wildman–Crippen MR) is 121 cm³/mol. The summed E-state index contributed by atoms with van der Waals surface area (Å²) < 4.78 is 0. The summed E-state index contributed by atoms with van der Waals surface area (Å²) >= 11 is 1.40. The Bertz CT molecular complexity index is 966. The molecular weight excluding hydrogens is 452 g/mol. The quantitative estimate of drug-likeness (QED) is 0.418. The Morgan fingerprint density at radius 2 is 1.88 bits per heavy atom. The van der Waals surface area contributed by atoms with Crippen LogP contribution in [0.15, 0.2) is 35.5 Å². The standard InChI is InChI=1S/C16H17N3O5S.C5H9NO.H2O/c1-7-6-25-15-11(14(22)19(15)12(7)16(23)24)18-13(21)10(17)8-2-4-9(20)5-3-8;1-6-4-2-3-5(6)7;/h2-5,10-11,15,20H,6,17H2,1H3,(H,18,21)(H,23,24);2-4H2,1H3;1H2/t10-,11-,15-;;/m1../s1. The zero-order valence-electron chi connectivity index (χ0n) is 18.3. The molecule has 0 aliphatic carbocycles. The van der Waals surface area contributed by atoms with Crippen molar-refractivity contribution in [2.45, 2.75) is 37.2 Å². The number of amides is 3. The summed E-state index contributed by atoms with van der Waals surface area (Å²) in [6, 6.07) is 4.09. The summed E-state index contributed by atoms with van der Waals surface area (Å²) in [4.78, 5) is 49.5. The van der Waals surface area contributed by atoms with Crippen LogP contribution in [0.3, 0.4) is 0 Å². The van der Waals surface area contributed by atoms with E-state index in [0.29, 0.717) is 22.8 Å². The van der Waals surface area contributed by atoms with E-state index in [4.69, 9.17) is 5.73 Å². The minimum Gasteiger partial charge on any atom is -0.508 e. The van der Waals surface area contributed by atoms with Crippen LogP contribution in [0.25, 0.3) is 0 Å². The third-order valence-corrected chi connectivity index (χ3v) is 6.93. The molecule has 0 radical (unpaired) electrons. The maximum Gasteiger partial charge on any atom is 0.352 e. The highest BCUT2D eigenvalue weighted by molar-refractivity contribution is 8.00. The minimum atomic E-state index is -1.15. The highest BCUT2D eigenvalue weighted by Gasteiger charge is 2.53. The number of nitrogens with one attached hydrogen (secondary N) is 1. The number of aliphatic carboxylic acids is 1. The minimum absolute atomic E-state index is 0. The van der Waals surface area contributed by atoms with Crippen molar-refractivity contribution < 1.29 is 34.9 Å². The second-order valence-electron chi connectivity index (χ2n) is 7.82. The third-order valence-electron chi connectivity index (χ3n) is 5.50. The molecule has 7 N–H and O–H groups in total. The van der Waals surface area contributed by atoms with Gasteiger partial charge in [-0.05, 0) is 36.6 Å². The van der Waals surface area contributed by atoms with Gasteiger partial charge in [-0.1, -0.05) is 12.1 Å². The van der Waals surface area contributed by atoms with E-state index in [-0.39, 0.29) is 16.9 Å². The molecule has 3 amide bonds. The van der Waals surface area contributed by atoms with Gasteiger partial charge in [0.1, 0.15) is 28.9 Å². The Labute approximate surface area is 194 Å². The molecule has 0 aromatic heterocycles. The van der Waals surface area contributed by atoms with Gasteiger partial charge < -0.3 is 31.6 Å². The molecule has 0 spiro atoms. The van der Waals surface area contributed by atoms with Crippen molar-refractivity contribution in [1.29, 1.82) is 0 Å². The molecule has 0 bridgehead atoms. The second-order valence-corrected chi connectivity index (χ2v) is 8.92. The van der Waals surface area contributed by atoms with Crippen LogP contribution < -0.4 is 11.1 Å². The molecular formula is C21H28N4O7S. The summed E-state index contributed by atoms with van der Waals surface area (Å²) in [6.45, 7) is 2.63. The molecule has 0 unspecified atom stereocenters. The Hall–Kier alpha value is -3.09. The van der Waals surface area contributed by atoms with Crippen LogP contribution in [0, 0.1) is 0 Å². The molecule has 33 heavy (non-hydrogen) atoms. The van der Waals surface area contributed by atoms with Crippen molar-refractivity contribution in [2.75, 3.05) is 19.3 Å². The fourth-order valence-corrected chi connectivity index (χ4v) is 4.93. The number of benzene rings is 1. The fraction of sp³-hybridized carbons (Fsp3) is 0.429. The molecule has 3 aliphatic heterocycles. The number of β-lactam (4-membered cyclic amide) rings is 1. The first-order valence-corrected chi connectivity index (χ1v) is 11.1. The summed E-state index contributed by atoms with van der Waals surface area (Å²) in [5.74, 6) is -1.32. The zero-order chi connectivity index (χ0) is 23.6. The number of likely N-dealkylation sites (tertiary alicyclic amines) is 1. The lowest BCUT2D eigenvalue weighted by molar-refractivity contribution is -0.150. The van der Waals surface area contributed by atoms with E-state index in [1.165, 1.54) is 40.9 Å². The summed E-state index contributed by atoms with van der Waals surface area (Å²) in [5.41, 5.74) is 7.00. The molecule has 3 heterocycles. The van der Waals surface area contributed by atoms with Crippen molar-refractivity contribution >= 4 is 35.5 Å². The van der Waals surface area contributed by atoms with Gasteiger partial charge in [0.15, 0.2) is 0 Å². The summed E-state index contributed by atoms with van der Waals surface area (Å²) in [7, 11) is 1.84. The van der Waals surface area contributed by atoms with Crippen LogP contribution in [0.2, 0.25) is 0 Å². The van der Waals surface area contributed by atoms with Gasteiger partial charge in [-0.3, -0.25) is 19.3 Å². The molecule has 1 aromatic carbocycles. The number of aromatic hydroxyl groups is 1. The average molecular weight is 481 g/mol. The Morgan fingerprint density at radius 3 is 2.36 bits per heavy atom. The zero-order valence-corrected chi connectivity index (χ0v) is 19.1. The second kappa shape index (κ2) is 10.7. The maximum atomic E-state index is 12.3. The Kier molecular flexibility index (Phi) is 8.47. The van der Waals surface area contributed by atoms with Gasteiger partial charge >= 0.3 is 5.97 Å². The Balaban J connectivity index is 0.000000413. The molecule has 2 saturated heterocycles. The number of carbonyl (C=O) groups is 4. The predicted octanol–water partition coefficient (Wildman–Crippen LogP) is -0.436. The van der Waals surface area contributed by atoms with Crippen molar-refractivity contribution in [3.05, 3.63) is 41.1 Å². The normalized spacial score (nSPS) is 22.4. The average Bonchev–Trinajstić information content (AvgIpc) is 3.14. The van der Waals surface area contributed by atoms with Gasteiger partial charge in [0.05, 0.1) is 0 Å². The first-order valence-electron chi connectivity index (χ1n) is 10.1. The van der Waals surface area contributed by atoms with Crippen molar-refractivity contribution in [1.82, 2.24) is 15.1 Å². The highest BCUT2D eigenvalue weighted by atomic mass is 32.2. The summed E-state index contributed by atoms with van der Waals surface area (Å²) in [5, 5.41) is 20.7. The van der Waals surface area contributed by atoms with E-state index >= 15 is 0 Å². The van der Waals surface area contributed by atoms with E-state index in [1.807, 2.05) is 7.05 Å². The number of carboxylic acids is 1. The monoisotopic (exact) mass is 480 g/mol. The maximum absolute atomic E-state index is 12.3. The lowest BCUT2D eigenvalue weighted by atomic mass is 10.0. The van der Waals surface area contributed by atoms with E-state index in [9.17, 15) is 29.4 Å². The van der Waals surface area contributed by atoms with Crippen LogP contribution in [0.5, 0.6) is 5.75 Å². The third kappa shape index (κ3) is 5.46. The lowest BCUT2D eigenvalue weighted by Gasteiger charge is -2.49. The first kappa shape index (κ1) is 26.2. The van der Waals surface area contributed by atoms with Crippen LogP contribution in [0.4, 0.5) is 0 Å². The van der Waals surface area contributed by atoms with Gasteiger partial charge in [-0.25, -0.2) is 4.79 Å². The SMILES string of the molecule is CC1=C(C(=O)O)N2C(=O)[C@@H](NC(=O)[C@H](N)c3ccc(O)cc3)[C@H]2SC1.CN1CCCC1=O.O. The summed E-state index contributed by atoms with van der Waals surface area (Å²) in [6.07, 6.45) is 1.81. The number of hydrogen-bond donors (Lipinski definition) is 4. The van der Waals surface area contributed by atoms with Crippen molar-refractivity contribution in [3.63, 3.8) is 0 Å². The smallest absolute Gasteiger partial charge is 0.352 e. The lowest BCUT2D eigenvalue weighted by Crippen LogP contribution is -2.71. The van der Waals surface area contributed by atoms with Gasteiger partial charge in [0, 0.05) is 25.8 Å². The van der Waals surface area contributed by atoms with E-state index in [0.717, 1.165) is 19.4 Å². The van der Waals surface area contributed by atoms with Crippen LogP contribution in [-0.2, 0) is 19.2 Å². The molecule has 0 saturated carbocycles. The molecule has 11 nitrogen and oxygen atoms in total. The number of carbonyl (C=O) groups excluding carboxylic acids is 3. The number of nitrogens with two attached hydrogens (primary N) is 1. The number of carboxylic acid groups (broad SMARTS) is 1. The number of nitrogens with zero attached hydrogens (tertiary/aromatic N) is 2. The van der Waals surface area contributed by atoms with Gasteiger partial charge in [-0.15, -0.1) is 11.8 Å². The molecule has 2 fully saturated rings. The molecule has 180 valence electrons. The van der Waals surface area contributed by atoms with E-state index in [2.05, 4.69) is 5.32 Å². The van der Waals surface area contributed by atoms with E-state index in [1.54, 1.807) is 11.8 Å². The topological polar surface area (TPSA) is 185 Å². The van der Waals surface area contributed by atoms with Crippen LogP contribution >= 0.6 is 11.8 Å². The number of phenolic OH excluding ortho intramolecular Hbond substituents is 1. The largest absolute Gasteiger partial charge is 0.508 e. The Morgan fingerprint density at radius 1 is 1.24 bits per heavy atom. The van der Waals surface area contributed by atoms with Crippen molar-refractivity contribution in [2.24, 2.45) is 5.73 Å². The van der Waals surface area contributed by atoms with Gasteiger partial charge in [0.2, 0.25) is 11.8 Å². The van der Waals surface area contributed by atoms with Gasteiger partial charge in [0.25, 0.3) is 5.91 Å². The molecule has 3 aliphatic rings. The van der Waals surface area contributed by atoms with Crippen molar-refractivity contribution in [3.8, 4) is 5.75 Å². The number of thioether (sulfide) groups is 1. The van der Waals surface area contributed by atoms with Crippen LogP contribution in [0.1, 0.15) is 31.4 Å². The first-order chi connectivity index (χ1) is 15.1. The van der Waals surface area contributed by atoms with E-state index < -0.39 is 35.2 Å². The molecule has 1 aromatic rings. The molecule has 4 rings (SSSR count). The number of hydrogen-bond acceptors (Lipinski definition) is 7. The molecule has 3 atom stereocenters.